The molecule has 11 heteroatoms. The average Bonchev–Trinajstić information content (AvgIpc) is 2.65. The third kappa shape index (κ3) is 12.0. The van der Waals surface area contributed by atoms with Gasteiger partial charge < -0.3 is 19.9 Å². The highest BCUT2D eigenvalue weighted by Crippen LogP contribution is 2.24. The third-order valence-corrected chi connectivity index (χ3v) is 5.54. The Labute approximate surface area is 185 Å². The van der Waals surface area contributed by atoms with Crippen molar-refractivity contribution in [3.05, 3.63) is 0 Å². The fourth-order valence-electron chi connectivity index (χ4n) is 2.03. The minimum atomic E-state index is -3.90. The molecule has 0 aromatic heterocycles. The summed E-state index contributed by atoms with van der Waals surface area (Å²) in [5.41, 5.74) is -1.96. The second-order valence-corrected chi connectivity index (χ2v) is 10.8. The Kier molecular flexibility index (Phi) is 11.7. The second kappa shape index (κ2) is 12.4. The van der Waals surface area contributed by atoms with E-state index >= 15 is 0 Å². The lowest BCUT2D eigenvalue weighted by Crippen LogP contribution is -2.42. The van der Waals surface area contributed by atoms with E-state index in [2.05, 4.69) is 5.32 Å². The molecular formula is C20H37NO9S. The Morgan fingerprint density at radius 2 is 1.68 bits per heavy atom. The maximum absolute atomic E-state index is 12.2. The lowest BCUT2D eigenvalue weighted by atomic mass is 9.88. The molecule has 2 atom stereocenters. The van der Waals surface area contributed by atoms with Gasteiger partial charge in [-0.05, 0) is 33.6 Å². The molecule has 0 bridgehead atoms. The van der Waals surface area contributed by atoms with Crippen molar-refractivity contribution in [2.75, 3.05) is 25.5 Å². The minimum absolute atomic E-state index is 0.165. The molecule has 31 heavy (non-hydrogen) atoms. The van der Waals surface area contributed by atoms with Gasteiger partial charge in [0.1, 0.15) is 12.7 Å². The zero-order valence-electron chi connectivity index (χ0n) is 19.5. The van der Waals surface area contributed by atoms with Gasteiger partial charge in [0.2, 0.25) is 5.91 Å². The van der Waals surface area contributed by atoms with Crippen LogP contribution in [0.3, 0.4) is 0 Å². The van der Waals surface area contributed by atoms with E-state index in [1.165, 1.54) is 20.8 Å². The molecule has 182 valence electrons. The number of carbonyl (C=O) groups excluding carboxylic acids is 3. The molecule has 0 aliphatic carbocycles. The van der Waals surface area contributed by atoms with Gasteiger partial charge >= 0.3 is 11.9 Å². The molecule has 10 nitrogen and oxygen atoms in total. The van der Waals surface area contributed by atoms with Crippen molar-refractivity contribution in [3.63, 3.8) is 0 Å². The maximum Gasteiger partial charge on any atom is 0.335 e. The molecule has 0 saturated heterocycles. The monoisotopic (exact) mass is 467 g/mol. The van der Waals surface area contributed by atoms with Crippen LogP contribution in [-0.4, -0.2) is 69.1 Å². The van der Waals surface area contributed by atoms with Crippen LogP contribution in [-0.2, 0) is 38.2 Å². The van der Waals surface area contributed by atoms with E-state index in [1.54, 1.807) is 27.7 Å². The van der Waals surface area contributed by atoms with E-state index in [0.29, 0.717) is 6.42 Å². The smallest absolute Gasteiger partial charge is 0.335 e. The summed E-state index contributed by atoms with van der Waals surface area (Å²) in [6.07, 6.45) is -1.74. The third-order valence-electron chi connectivity index (χ3n) is 4.27. The Morgan fingerprint density at radius 3 is 2.16 bits per heavy atom. The summed E-state index contributed by atoms with van der Waals surface area (Å²) in [6, 6.07) is 0. The van der Waals surface area contributed by atoms with Crippen LogP contribution in [0.5, 0.6) is 0 Å². The van der Waals surface area contributed by atoms with Crippen molar-refractivity contribution >= 4 is 28.0 Å². The fourth-order valence-corrected chi connectivity index (χ4v) is 3.13. The number of hydrogen-bond acceptors (Lipinski definition) is 9. The van der Waals surface area contributed by atoms with Gasteiger partial charge in [-0.2, -0.15) is 8.42 Å². The Hall–Kier alpha value is -1.72. The molecule has 0 aliphatic rings. The summed E-state index contributed by atoms with van der Waals surface area (Å²) < 4.78 is 39.3. The van der Waals surface area contributed by atoms with Crippen LogP contribution in [0.2, 0.25) is 0 Å². The lowest BCUT2D eigenvalue weighted by Gasteiger charge is -2.29. The highest BCUT2D eigenvalue weighted by Gasteiger charge is 2.37. The summed E-state index contributed by atoms with van der Waals surface area (Å²) in [4.78, 5) is 35.0. The highest BCUT2D eigenvalue weighted by molar-refractivity contribution is 7.86. The normalized spacial score (nSPS) is 14.5. The molecule has 0 aliphatic heterocycles. The van der Waals surface area contributed by atoms with Crippen molar-refractivity contribution in [3.8, 4) is 0 Å². The van der Waals surface area contributed by atoms with Crippen molar-refractivity contribution < 1.29 is 41.6 Å². The number of hydrogen-bond donors (Lipinski definition) is 2. The Bertz CT molecular complexity index is 711. The molecule has 0 heterocycles. The largest absolute Gasteiger partial charge is 0.460 e. The van der Waals surface area contributed by atoms with Gasteiger partial charge in [-0.1, -0.05) is 20.8 Å². The molecule has 2 N–H and O–H groups in total. The van der Waals surface area contributed by atoms with Crippen LogP contribution >= 0.6 is 0 Å². The van der Waals surface area contributed by atoms with E-state index in [0.717, 1.165) is 0 Å². The van der Waals surface area contributed by atoms with Crippen LogP contribution in [0.4, 0.5) is 0 Å². The van der Waals surface area contributed by atoms with Crippen molar-refractivity contribution in [1.82, 2.24) is 5.32 Å². The molecule has 1 amide bonds. The molecule has 0 radical (unpaired) electrons. The van der Waals surface area contributed by atoms with Crippen LogP contribution in [0, 0.1) is 10.8 Å². The summed E-state index contributed by atoms with van der Waals surface area (Å²) >= 11 is 0. The number of rotatable bonds is 13. The van der Waals surface area contributed by atoms with Crippen LogP contribution in [0.1, 0.15) is 61.3 Å². The van der Waals surface area contributed by atoms with Gasteiger partial charge in [0, 0.05) is 18.9 Å². The number of esters is 2. The summed E-state index contributed by atoms with van der Waals surface area (Å²) in [5.74, 6) is -1.99. The number of carbonyl (C=O) groups is 3. The van der Waals surface area contributed by atoms with Crippen LogP contribution < -0.4 is 5.32 Å². The molecule has 0 rings (SSSR count). The maximum atomic E-state index is 12.2. The van der Waals surface area contributed by atoms with Gasteiger partial charge in [0.05, 0.1) is 17.8 Å². The fraction of sp³-hybridized carbons (Fsp3) is 0.850. The summed E-state index contributed by atoms with van der Waals surface area (Å²) in [6.45, 7) is 10.6. The van der Waals surface area contributed by atoms with E-state index < -0.39 is 51.7 Å². The van der Waals surface area contributed by atoms with Gasteiger partial charge in [0.25, 0.3) is 10.1 Å². The second-order valence-electron chi connectivity index (χ2n) is 9.07. The van der Waals surface area contributed by atoms with Gasteiger partial charge in [-0.25, -0.2) is 4.79 Å². The van der Waals surface area contributed by atoms with E-state index in [9.17, 15) is 27.9 Å². The van der Waals surface area contributed by atoms with Gasteiger partial charge in [0.15, 0.2) is 6.10 Å². The van der Waals surface area contributed by atoms with Gasteiger partial charge in [-0.15, -0.1) is 0 Å². The molecular weight excluding hydrogens is 430 g/mol. The first-order chi connectivity index (χ1) is 14.0. The van der Waals surface area contributed by atoms with E-state index in [4.69, 9.17) is 13.7 Å². The molecule has 0 aromatic rings. The molecule has 0 saturated carbocycles. The molecule has 1 unspecified atom stereocenters. The first-order valence-electron chi connectivity index (χ1n) is 10.2. The topological polar surface area (TPSA) is 145 Å². The predicted octanol–water partition coefficient (Wildman–Crippen LogP) is 1.16. The standard InChI is InChI=1S/C20H37NO9S/c1-8-15(30-18(25)19(3,4)5)12-28-17(24)16(23)20(6,7)13-29-31(26,27)11-9-10-21-14(2)22/h15-16,23H,8-13H2,1-7H3,(H,21,22)/t15-,16?/m1/s1. The number of aliphatic hydroxyl groups excluding tert-OH is 1. The Balaban J connectivity index is 4.66. The quantitative estimate of drug-likeness (QED) is 0.231. The number of nitrogens with one attached hydrogen (secondary N) is 1. The molecule has 0 aromatic carbocycles. The van der Waals surface area contributed by atoms with Crippen molar-refractivity contribution in [1.29, 1.82) is 0 Å². The van der Waals surface area contributed by atoms with Crippen molar-refractivity contribution in [2.24, 2.45) is 10.8 Å². The summed E-state index contributed by atoms with van der Waals surface area (Å²) in [5, 5.41) is 12.8. The van der Waals surface area contributed by atoms with Crippen molar-refractivity contribution in [2.45, 2.75) is 73.5 Å². The van der Waals surface area contributed by atoms with E-state index in [-0.39, 0.29) is 31.2 Å². The minimum Gasteiger partial charge on any atom is -0.460 e. The SMILES string of the molecule is CC[C@H](COC(=O)C(O)C(C)(C)COS(=O)(=O)CCCNC(C)=O)OC(=O)C(C)(C)C. The zero-order valence-corrected chi connectivity index (χ0v) is 20.3. The molecule has 0 spiro atoms. The number of ether oxygens (including phenoxy) is 2. The Morgan fingerprint density at radius 1 is 1.10 bits per heavy atom. The first-order valence-corrected chi connectivity index (χ1v) is 11.8. The zero-order chi connectivity index (χ0) is 24.5. The number of amides is 1. The number of aliphatic hydroxyl groups is 1. The van der Waals surface area contributed by atoms with Crippen LogP contribution in [0.25, 0.3) is 0 Å². The first kappa shape index (κ1) is 29.3. The highest BCUT2D eigenvalue weighted by atomic mass is 32.2. The van der Waals surface area contributed by atoms with E-state index in [1.807, 2.05) is 0 Å². The molecule has 0 fully saturated rings. The van der Waals surface area contributed by atoms with Gasteiger partial charge in [-0.3, -0.25) is 13.8 Å². The predicted molar refractivity (Wildman–Crippen MR) is 113 cm³/mol. The summed E-state index contributed by atoms with van der Waals surface area (Å²) in [7, 11) is -3.90. The lowest BCUT2D eigenvalue weighted by molar-refractivity contribution is -0.173. The average molecular weight is 468 g/mol. The van der Waals surface area contributed by atoms with Crippen LogP contribution in [0.15, 0.2) is 0 Å².